The molecule has 0 aliphatic heterocycles. The monoisotopic (exact) mass is 189 g/mol. The third kappa shape index (κ3) is 1.05. The zero-order chi connectivity index (χ0) is 10.5. The predicted octanol–water partition coefficient (Wildman–Crippen LogP) is 2.27. The van der Waals surface area contributed by atoms with E-state index < -0.39 is 0 Å². The Balaban J connectivity index is 2.98. The molecule has 0 radical (unpaired) electrons. The Hall–Kier alpha value is -1.38. The lowest BCUT2D eigenvalue weighted by atomic mass is 10.2. The lowest BCUT2D eigenvalue weighted by Crippen LogP contribution is -2.02. The highest BCUT2D eigenvalue weighted by molar-refractivity contribution is 5.51. The van der Waals surface area contributed by atoms with Gasteiger partial charge in [-0.15, -0.1) is 0 Å². The van der Waals surface area contributed by atoms with E-state index in [0.717, 1.165) is 17.0 Å². The first-order chi connectivity index (χ1) is 6.52. The van der Waals surface area contributed by atoms with E-state index in [1.807, 2.05) is 18.4 Å². The minimum Gasteiger partial charge on any atom is -0.233 e. The van der Waals surface area contributed by atoms with Crippen LogP contribution in [-0.4, -0.2) is 14.6 Å². The second kappa shape index (κ2) is 2.80. The van der Waals surface area contributed by atoms with Crippen LogP contribution >= 0.6 is 0 Å². The summed E-state index contributed by atoms with van der Waals surface area (Å²) in [5, 5.41) is 4.47. The smallest absolute Gasteiger partial charge is 0.158 e. The lowest BCUT2D eigenvalue weighted by molar-refractivity contribution is 0.856. The highest BCUT2D eigenvalue weighted by atomic mass is 15.3. The standard InChI is InChI=1S/C11H15N3/c1-6-8(3)12-11-7(2)9(4)13-14(11)10(6)5/h1-5H3. The van der Waals surface area contributed by atoms with Crippen molar-refractivity contribution in [2.24, 2.45) is 0 Å². The van der Waals surface area contributed by atoms with Crippen LogP contribution in [0.3, 0.4) is 0 Å². The van der Waals surface area contributed by atoms with Gasteiger partial charge in [0.25, 0.3) is 0 Å². The molecule has 2 heterocycles. The molecule has 0 saturated heterocycles. The molecule has 0 aliphatic carbocycles. The largest absolute Gasteiger partial charge is 0.233 e. The summed E-state index contributed by atoms with van der Waals surface area (Å²) < 4.78 is 1.94. The van der Waals surface area contributed by atoms with E-state index in [2.05, 4.69) is 30.9 Å². The summed E-state index contributed by atoms with van der Waals surface area (Å²) in [6.07, 6.45) is 0. The molecule has 2 aromatic rings. The zero-order valence-electron chi connectivity index (χ0n) is 9.34. The molecular formula is C11H15N3. The normalized spacial score (nSPS) is 11.2. The molecule has 2 aromatic heterocycles. The number of hydrogen-bond donors (Lipinski definition) is 0. The molecule has 74 valence electrons. The van der Waals surface area contributed by atoms with Crippen LogP contribution in [0.5, 0.6) is 0 Å². The third-order valence-corrected chi connectivity index (χ3v) is 3.01. The van der Waals surface area contributed by atoms with Crippen molar-refractivity contribution >= 4 is 5.65 Å². The average molecular weight is 189 g/mol. The molecule has 0 saturated carbocycles. The number of nitrogens with zero attached hydrogens (tertiary/aromatic N) is 3. The fourth-order valence-electron chi connectivity index (χ4n) is 1.62. The Labute approximate surface area is 83.8 Å². The summed E-state index contributed by atoms with van der Waals surface area (Å²) >= 11 is 0. The maximum atomic E-state index is 4.56. The van der Waals surface area contributed by atoms with Gasteiger partial charge in [0.05, 0.1) is 5.69 Å². The summed E-state index contributed by atoms with van der Waals surface area (Å²) in [4.78, 5) is 4.56. The number of hydrogen-bond acceptors (Lipinski definition) is 2. The van der Waals surface area contributed by atoms with Gasteiger partial charge < -0.3 is 0 Å². The topological polar surface area (TPSA) is 30.2 Å². The van der Waals surface area contributed by atoms with E-state index in [1.165, 1.54) is 16.8 Å². The molecule has 0 aromatic carbocycles. The summed E-state index contributed by atoms with van der Waals surface area (Å²) in [6.45, 7) is 10.3. The van der Waals surface area contributed by atoms with Gasteiger partial charge in [0.2, 0.25) is 0 Å². The van der Waals surface area contributed by atoms with E-state index in [1.54, 1.807) is 0 Å². The minimum atomic E-state index is 0.989. The molecule has 0 aliphatic rings. The maximum absolute atomic E-state index is 4.56. The van der Waals surface area contributed by atoms with E-state index in [-0.39, 0.29) is 0 Å². The second-order valence-corrected chi connectivity index (χ2v) is 3.85. The van der Waals surface area contributed by atoms with Crippen LogP contribution in [0.1, 0.15) is 28.2 Å². The number of rotatable bonds is 0. The van der Waals surface area contributed by atoms with Gasteiger partial charge in [-0.3, -0.25) is 0 Å². The number of fused-ring (bicyclic) bond motifs is 1. The Morgan fingerprint density at radius 2 is 1.50 bits per heavy atom. The molecule has 3 heteroatoms. The second-order valence-electron chi connectivity index (χ2n) is 3.85. The molecule has 0 N–H and O–H groups in total. The van der Waals surface area contributed by atoms with E-state index in [0.29, 0.717) is 0 Å². The van der Waals surface area contributed by atoms with E-state index in [4.69, 9.17) is 0 Å². The van der Waals surface area contributed by atoms with Gasteiger partial charge in [-0.25, -0.2) is 9.50 Å². The van der Waals surface area contributed by atoms with Crippen LogP contribution in [0.4, 0.5) is 0 Å². The summed E-state index contributed by atoms with van der Waals surface area (Å²) in [5.74, 6) is 0. The highest BCUT2D eigenvalue weighted by Gasteiger charge is 2.10. The number of aryl methyl sites for hydroxylation is 4. The van der Waals surface area contributed by atoms with E-state index in [9.17, 15) is 0 Å². The summed E-state index contributed by atoms with van der Waals surface area (Å²) in [5.41, 5.74) is 6.73. The van der Waals surface area contributed by atoms with Crippen LogP contribution in [-0.2, 0) is 0 Å². The van der Waals surface area contributed by atoms with Crippen molar-refractivity contribution in [2.45, 2.75) is 34.6 Å². The Bertz CT molecular complexity index is 509. The first-order valence-corrected chi connectivity index (χ1v) is 4.82. The van der Waals surface area contributed by atoms with Crippen molar-refractivity contribution in [2.75, 3.05) is 0 Å². The molecular weight excluding hydrogens is 174 g/mol. The van der Waals surface area contributed by atoms with Gasteiger partial charge in [0.15, 0.2) is 5.65 Å². The van der Waals surface area contributed by atoms with Gasteiger partial charge in [-0.2, -0.15) is 5.10 Å². The van der Waals surface area contributed by atoms with Crippen LogP contribution < -0.4 is 0 Å². The quantitative estimate of drug-likeness (QED) is 0.636. The highest BCUT2D eigenvalue weighted by Crippen LogP contribution is 2.17. The van der Waals surface area contributed by atoms with Gasteiger partial charge in [-0.05, 0) is 40.2 Å². The Kier molecular flexibility index (Phi) is 1.84. The summed E-state index contributed by atoms with van der Waals surface area (Å²) in [7, 11) is 0. The van der Waals surface area contributed by atoms with Crippen molar-refractivity contribution in [3.8, 4) is 0 Å². The van der Waals surface area contributed by atoms with Crippen molar-refractivity contribution < 1.29 is 0 Å². The van der Waals surface area contributed by atoms with Gasteiger partial charge >= 0.3 is 0 Å². The van der Waals surface area contributed by atoms with Crippen LogP contribution in [0.15, 0.2) is 0 Å². The lowest BCUT2D eigenvalue weighted by Gasteiger charge is -2.06. The van der Waals surface area contributed by atoms with Crippen molar-refractivity contribution in [1.82, 2.24) is 14.6 Å². The van der Waals surface area contributed by atoms with E-state index >= 15 is 0 Å². The maximum Gasteiger partial charge on any atom is 0.158 e. The van der Waals surface area contributed by atoms with Gasteiger partial charge in [0.1, 0.15) is 0 Å². The molecule has 0 atom stereocenters. The fourth-order valence-corrected chi connectivity index (χ4v) is 1.62. The predicted molar refractivity (Wildman–Crippen MR) is 56.7 cm³/mol. The van der Waals surface area contributed by atoms with Crippen molar-refractivity contribution in [1.29, 1.82) is 0 Å². The third-order valence-electron chi connectivity index (χ3n) is 3.01. The molecule has 0 bridgehead atoms. The SMILES string of the molecule is Cc1nc2c(C)c(C)nn2c(C)c1C. The Morgan fingerprint density at radius 3 is 2.14 bits per heavy atom. The van der Waals surface area contributed by atoms with Crippen LogP contribution in [0.2, 0.25) is 0 Å². The molecule has 14 heavy (non-hydrogen) atoms. The summed E-state index contributed by atoms with van der Waals surface area (Å²) in [6, 6.07) is 0. The number of aromatic nitrogens is 3. The van der Waals surface area contributed by atoms with Crippen molar-refractivity contribution in [3.63, 3.8) is 0 Å². The van der Waals surface area contributed by atoms with Crippen LogP contribution in [0.25, 0.3) is 5.65 Å². The van der Waals surface area contributed by atoms with Crippen molar-refractivity contribution in [3.05, 3.63) is 28.2 Å². The molecule has 0 fully saturated rings. The molecule has 0 unspecified atom stereocenters. The van der Waals surface area contributed by atoms with Gasteiger partial charge in [-0.1, -0.05) is 0 Å². The van der Waals surface area contributed by atoms with Gasteiger partial charge in [0, 0.05) is 17.0 Å². The van der Waals surface area contributed by atoms with Crippen LogP contribution in [0, 0.1) is 34.6 Å². The molecule has 0 amide bonds. The molecule has 3 nitrogen and oxygen atoms in total. The fraction of sp³-hybridized carbons (Fsp3) is 0.455. The molecule has 0 spiro atoms. The first kappa shape index (κ1) is 9.19. The Morgan fingerprint density at radius 1 is 0.857 bits per heavy atom. The zero-order valence-corrected chi connectivity index (χ0v) is 9.34. The minimum absolute atomic E-state index is 0.989. The first-order valence-electron chi connectivity index (χ1n) is 4.82. The molecule has 2 rings (SSSR count). The average Bonchev–Trinajstić information content (AvgIpc) is 2.42.